The molecular weight excluding hydrogens is 220 g/mol. The SMILES string of the molecule is CCc1nc(C(=O)NC2CCOC(C)C2)n[nH]1. The Labute approximate surface area is 100 Å². The summed E-state index contributed by atoms with van der Waals surface area (Å²) >= 11 is 0. The Balaban J connectivity index is 1.92. The Morgan fingerprint density at radius 1 is 1.65 bits per heavy atom. The lowest BCUT2D eigenvalue weighted by molar-refractivity contribution is 0.0135. The molecule has 2 rings (SSSR count). The van der Waals surface area contributed by atoms with Gasteiger partial charge in [-0.25, -0.2) is 4.98 Å². The average Bonchev–Trinajstić information content (AvgIpc) is 2.77. The number of amides is 1. The molecule has 1 aliphatic heterocycles. The summed E-state index contributed by atoms with van der Waals surface area (Å²) in [5.74, 6) is 0.747. The van der Waals surface area contributed by atoms with Crippen LogP contribution >= 0.6 is 0 Å². The quantitative estimate of drug-likeness (QED) is 0.811. The number of rotatable bonds is 3. The number of carbonyl (C=O) groups excluding carboxylic acids is 1. The van der Waals surface area contributed by atoms with Crippen molar-refractivity contribution >= 4 is 5.91 Å². The van der Waals surface area contributed by atoms with Gasteiger partial charge in [-0.3, -0.25) is 9.89 Å². The zero-order valence-electron chi connectivity index (χ0n) is 10.2. The average molecular weight is 238 g/mol. The second-order valence-corrected chi connectivity index (χ2v) is 4.34. The molecule has 1 amide bonds. The molecule has 2 heterocycles. The molecule has 94 valence electrons. The van der Waals surface area contributed by atoms with Crippen LogP contribution in [0.15, 0.2) is 0 Å². The molecule has 0 aliphatic carbocycles. The van der Waals surface area contributed by atoms with Crippen LogP contribution in [-0.4, -0.2) is 39.8 Å². The first-order valence-corrected chi connectivity index (χ1v) is 6.02. The first-order chi connectivity index (χ1) is 8.19. The van der Waals surface area contributed by atoms with Crippen molar-refractivity contribution in [1.29, 1.82) is 0 Å². The van der Waals surface area contributed by atoms with E-state index in [-0.39, 0.29) is 23.9 Å². The van der Waals surface area contributed by atoms with Crippen LogP contribution in [0.1, 0.15) is 43.1 Å². The molecule has 2 N–H and O–H groups in total. The number of ether oxygens (including phenoxy) is 1. The standard InChI is InChI=1S/C11H18N4O2/c1-3-9-13-10(15-14-9)11(16)12-8-4-5-17-7(2)6-8/h7-8H,3-6H2,1-2H3,(H,12,16)(H,13,14,15). The number of aromatic amines is 1. The summed E-state index contributed by atoms with van der Waals surface area (Å²) in [7, 11) is 0. The molecule has 1 fully saturated rings. The zero-order chi connectivity index (χ0) is 12.3. The minimum Gasteiger partial charge on any atom is -0.378 e. The van der Waals surface area contributed by atoms with E-state index in [1.807, 2.05) is 13.8 Å². The fourth-order valence-electron chi connectivity index (χ4n) is 1.93. The molecule has 6 heteroatoms. The predicted molar refractivity (Wildman–Crippen MR) is 61.7 cm³/mol. The lowest BCUT2D eigenvalue weighted by Crippen LogP contribution is -2.41. The predicted octanol–water partition coefficient (Wildman–Crippen LogP) is 0.664. The number of nitrogens with one attached hydrogen (secondary N) is 2. The van der Waals surface area contributed by atoms with E-state index >= 15 is 0 Å². The van der Waals surface area contributed by atoms with Crippen molar-refractivity contribution in [3.63, 3.8) is 0 Å². The highest BCUT2D eigenvalue weighted by Crippen LogP contribution is 2.13. The maximum Gasteiger partial charge on any atom is 0.291 e. The zero-order valence-corrected chi connectivity index (χ0v) is 10.2. The molecule has 1 aromatic rings. The third-order valence-electron chi connectivity index (χ3n) is 2.89. The lowest BCUT2D eigenvalue weighted by Gasteiger charge is -2.27. The third-order valence-corrected chi connectivity index (χ3v) is 2.89. The minimum absolute atomic E-state index is 0.162. The maximum absolute atomic E-state index is 11.9. The number of H-pyrrole nitrogens is 1. The van der Waals surface area contributed by atoms with Crippen molar-refractivity contribution in [3.8, 4) is 0 Å². The largest absolute Gasteiger partial charge is 0.378 e. The lowest BCUT2D eigenvalue weighted by atomic mass is 10.0. The molecule has 1 aliphatic rings. The number of nitrogens with zero attached hydrogens (tertiary/aromatic N) is 2. The first kappa shape index (κ1) is 12.0. The molecule has 0 bridgehead atoms. The van der Waals surface area contributed by atoms with Gasteiger partial charge in [-0.15, -0.1) is 5.10 Å². The van der Waals surface area contributed by atoms with Crippen molar-refractivity contribution < 1.29 is 9.53 Å². The Morgan fingerprint density at radius 3 is 3.12 bits per heavy atom. The number of aromatic nitrogens is 3. The normalized spacial score (nSPS) is 24.6. The van der Waals surface area contributed by atoms with E-state index in [1.54, 1.807) is 0 Å². The van der Waals surface area contributed by atoms with Gasteiger partial charge in [0.05, 0.1) is 6.10 Å². The van der Waals surface area contributed by atoms with Gasteiger partial charge in [0.25, 0.3) is 5.91 Å². The van der Waals surface area contributed by atoms with Crippen LogP contribution in [0.5, 0.6) is 0 Å². The third kappa shape index (κ3) is 3.03. The maximum atomic E-state index is 11.9. The van der Waals surface area contributed by atoms with Gasteiger partial charge in [0.2, 0.25) is 5.82 Å². The highest BCUT2D eigenvalue weighted by Gasteiger charge is 2.22. The monoisotopic (exact) mass is 238 g/mol. The Kier molecular flexibility index (Phi) is 3.73. The smallest absolute Gasteiger partial charge is 0.291 e. The van der Waals surface area contributed by atoms with Gasteiger partial charge >= 0.3 is 0 Å². The highest BCUT2D eigenvalue weighted by molar-refractivity contribution is 5.90. The summed E-state index contributed by atoms with van der Waals surface area (Å²) in [5.41, 5.74) is 0. The van der Waals surface area contributed by atoms with E-state index in [0.29, 0.717) is 6.61 Å². The van der Waals surface area contributed by atoms with Crippen LogP contribution in [-0.2, 0) is 11.2 Å². The van der Waals surface area contributed by atoms with Gasteiger partial charge < -0.3 is 10.1 Å². The second kappa shape index (κ2) is 5.27. The van der Waals surface area contributed by atoms with Gasteiger partial charge in [0.15, 0.2) is 0 Å². The van der Waals surface area contributed by atoms with E-state index in [4.69, 9.17) is 4.74 Å². The van der Waals surface area contributed by atoms with E-state index in [0.717, 1.165) is 25.1 Å². The van der Waals surface area contributed by atoms with Gasteiger partial charge in [-0.05, 0) is 19.8 Å². The van der Waals surface area contributed by atoms with Crippen LogP contribution in [0.2, 0.25) is 0 Å². The minimum atomic E-state index is -0.208. The molecule has 0 radical (unpaired) electrons. The molecular formula is C11H18N4O2. The van der Waals surface area contributed by atoms with E-state index in [2.05, 4.69) is 20.5 Å². The van der Waals surface area contributed by atoms with Crippen molar-refractivity contribution in [1.82, 2.24) is 20.5 Å². The summed E-state index contributed by atoms with van der Waals surface area (Å²) in [5, 5.41) is 9.57. The molecule has 0 aromatic carbocycles. The van der Waals surface area contributed by atoms with Gasteiger partial charge in [-0.1, -0.05) is 6.92 Å². The van der Waals surface area contributed by atoms with E-state index in [1.165, 1.54) is 0 Å². The van der Waals surface area contributed by atoms with Gasteiger partial charge in [0.1, 0.15) is 5.82 Å². The summed E-state index contributed by atoms with van der Waals surface area (Å²) in [6.07, 6.45) is 2.64. The van der Waals surface area contributed by atoms with Crippen molar-refractivity contribution in [2.75, 3.05) is 6.61 Å². The van der Waals surface area contributed by atoms with E-state index in [9.17, 15) is 4.79 Å². The molecule has 0 spiro atoms. The molecule has 0 saturated carbocycles. The molecule has 6 nitrogen and oxygen atoms in total. The fourth-order valence-corrected chi connectivity index (χ4v) is 1.93. The molecule has 2 atom stereocenters. The molecule has 2 unspecified atom stereocenters. The number of aryl methyl sites for hydroxylation is 1. The Morgan fingerprint density at radius 2 is 2.47 bits per heavy atom. The van der Waals surface area contributed by atoms with Gasteiger partial charge in [0, 0.05) is 19.1 Å². The van der Waals surface area contributed by atoms with Gasteiger partial charge in [-0.2, -0.15) is 0 Å². The fraction of sp³-hybridized carbons (Fsp3) is 0.727. The Bertz CT molecular complexity index is 391. The number of hydrogen-bond donors (Lipinski definition) is 2. The van der Waals surface area contributed by atoms with Crippen LogP contribution in [0.4, 0.5) is 0 Å². The summed E-state index contributed by atoms with van der Waals surface area (Å²) in [6, 6.07) is 0.162. The van der Waals surface area contributed by atoms with Crippen molar-refractivity contribution in [3.05, 3.63) is 11.6 Å². The van der Waals surface area contributed by atoms with Crippen LogP contribution in [0.25, 0.3) is 0 Å². The van der Waals surface area contributed by atoms with Crippen LogP contribution < -0.4 is 5.32 Å². The molecule has 17 heavy (non-hydrogen) atoms. The van der Waals surface area contributed by atoms with Crippen LogP contribution in [0, 0.1) is 0 Å². The van der Waals surface area contributed by atoms with Crippen molar-refractivity contribution in [2.45, 2.75) is 45.3 Å². The number of hydrogen-bond acceptors (Lipinski definition) is 4. The Hall–Kier alpha value is -1.43. The summed E-state index contributed by atoms with van der Waals surface area (Å²) < 4.78 is 5.43. The summed E-state index contributed by atoms with van der Waals surface area (Å²) in [4.78, 5) is 16.0. The topological polar surface area (TPSA) is 79.9 Å². The number of carbonyl (C=O) groups is 1. The summed E-state index contributed by atoms with van der Waals surface area (Å²) in [6.45, 7) is 4.67. The molecule has 1 saturated heterocycles. The van der Waals surface area contributed by atoms with Crippen LogP contribution in [0.3, 0.4) is 0 Å². The van der Waals surface area contributed by atoms with Crippen molar-refractivity contribution in [2.24, 2.45) is 0 Å². The highest BCUT2D eigenvalue weighted by atomic mass is 16.5. The van der Waals surface area contributed by atoms with E-state index < -0.39 is 0 Å². The second-order valence-electron chi connectivity index (χ2n) is 4.34. The first-order valence-electron chi connectivity index (χ1n) is 6.02. The molecule has 1 aromatic heterocycles.